The average Bonchev–Trinajstić information content (AvgIpc) is 2.83. The number of benzene rings is 1. The lowest BCUT2D eigenvalue weighted by molar-refractivity contribution is 0.0594. The molecule has 3 aromatic rings. The molecule has 2 heterocycles. The van der Waals surface area contributed by atoms with Crippen molar-refractivity contribution in [3.63, 3.8) is 0 Å². The third-order valence-electron chi connectivity index (χ3n) is 3.08. The summed E-state index contributed by atoms with van der Waals surface area (Å²) in [4.78, 5) is 18.8. The summed E-state index contributed by atoms with van der Waals surface area (Å²) < 4.78 is 9.90. The molecule has 0 bridgehead atoms. The van der Waals surface area contributed by atoms with E-state index in [-0.39, 0.29) is 0 Å². The zero-order chi connectivity index (χ0) is 13.4. The highest BCUT2D eigenvalue weighted by molar-refractivity contribution is 6.09. The SMILES string of the molecule is COC(=O)c1cc2c(cn1)[nH]c1ccc(OC)cc12. The lowest BCUT2D eigenvalue weighted by Crippen LogP contribution is -2.03. The molecule has 1 aromatic carbocycles. The second-order valence-corrected chi connectivity index (χ2v) is 4.14. The van der Waals surface area contributed by atoms with Gasteiger partial charge in [0.25, 0.3) is 0 Å². The molecule has 3 rings (SSSR count). The molecule has 19 heavy (non-hydrogen) atoms. The smallest absolute Gasteiger partial charge is 0.356 e. The average molecular weight is 256 g/mol. The Labute approximate surface area is 109 Å². The number of nitrogens with one attached hydrogen (secondary N) is 1. The molecule has 0 amide bonds. The van der Waals surface area contributed by atoms with Gasteiger partial charge in [0.1, 0.15) is 11.4 Å². The minimum atomic E-state index is -0.445. The fourth-order valence-electron chi connectivity index (χ4n) is 2.12. The predicted molar refractivity (Wildman–Crippen MR) is 71.5 cm³/mol. The van der Waals surface area contributed by atoms with Gasteiger partial charge in [-0.25, -0.2) is 9.78 Å². The zero-order valence-corrected chi connectivity index (χ0v) is 10.6. The Bertz CT molecular complexity index is 777. The van der Waals surface area contributed by atoms with Crippen LogP contribution >= 0.6 is 0 Å². The topological polar surface area (TPSA) is 64.2 Å². The Morgan fingerprint density at radius 1 is 1.16 bits per heavy atom. The van der Waals surface area contributed by atoms with E-state index < -0.39 is 5.97 Å². The minimum absolute atomic E-state index is 0.290. The van der Waals surface area contributed by atoms with E-state index >= 15 is 0 Å². The molecule has 96 valence electrons. The standard InChI is InChI=1S/C14H12N2O3/c1-18-8-3-4-11-9(5-8)10-6-12(14(17)19-2)15-7-13(10)16-11/h3-7,16H,1-2H3. The number of esters is 1. The number of hydrogen-bond acceptors (Lipinski definition) is 4. The van der Waals surface area contributed by atoms with Crippen LogP contribution < -0.4 is 4.74 Å². The maximum absolute atomic E-state index is 11.5. The quantitative estimate of drug-likeness (QED) is 0.715. The summed E-state index contributed by atoms with van der Waals surface area (Å²) in [5.74, 6) is 0.323. The molecule has 0 aliphatic heterocycles. The van der Waals surface area contributed by atoms with Gasteiger partial charge in [0.2, 0.25) is 0 Å². The van der Waals surface area contributed by atoms with Gasteiger partial charge in [-0.15, -0.1) is 0 Å². The number of carbonyl (C=O) groups is 1. The summed E-state index contributed by atoms with van der Waals surface area (Å²) >= 11 is 0. The molecule has 0 spiro atoms. The summed E-state index contributed by atoms with van der Waals surface area (Å²) in [5, 5.41) is 1.91. The molecule has 1 N–H and O–H groups in total. The molecule has 5 nitrogen and oxygen atoms in total. The van der Waals surface area contributed by atoms with Crippen molar-refractivity contribution in [3.8, 4) is 5.75 Å². The first-order valence-electron chi connectivity index (χ1n) is 5.76. The van der Waals surface area contributed by atoms with Crippen molar-refractivity contribution in [2.75, 3.05) is 14.2 Å². The Morgan fingerprint density at radius 2 is 1.95 bits per heavy atom. The lowest BCUT2D eigenvalue weighted by Gasteiger charge is -2.00. The monoisotopic (exact) mass is 256 g/mol. The molecule has 0 saturated carbocycles. The van der Waals surface area contributed by atoms with Gasteiger partial charge in [0, 0.05) is 16.3 Å². The van der Waals surface area contributed by atoms with Crippen LogP contribution in [0.2, 0.25) is 0 Å². The molecule has 0 unspecified atom stereocenters. The van der Waals surface area contributed by atoms with Crippen molar-refractivity contribution in [1.82, 2.24) is 9.97 Å². The van der Waals surface area contributed by atoms with Crippen molar-refractivity contribution >= 4 is 27.8 Å². The minimum Gasteiger partial charge on any atom is -0.497 e. The molecule has 0 radical (unpaired) electrons. The Balaban J connectivity index is 2.30. The molecule has 0 atom stereocenters. The summed E-state index contributed by atoms with van der Waals surface area (Å²) in [6, 6.07) is 7.47. The molecular formula is C14H12N2O3. The maximum atomic E-state index is 11.5. The van der Waals surface area contributed by atoms with E-state index in [1.165, 1.54) is 7.11 Å². The highest BCUT2D eigenvalue weighted by atomic mass is 16.5. The van der Waals surface area contributed by atoms with Crippen LogP contribution in [0.15, 0.2) is 30.5 Å². The first-order chi connectivity index (χ1) is 9.22. The van der Waals surface area contributed by atoms with E-state index in [2.05, 4.69) is 14.7 Å². The van der Waals surface area contributed by atoms with Crippen LogP contribution in [0.25, 0.3) is 21.8 Å². The number of ether oxygens (including phenoxy) is 2. The number of pyridine rings is 1. The van der Waals surface area contributed by atoms with E-state index in [0.29, 0.717) is 5.69 Å². The molecule has 0 fully saturated rings. The molecule has 0 saturated heterocycles. The number of nitrogens with zero attached hydrogens (tertiary/aromatic N) is 1. The number of methoxy groups -OCH3 is 2. The van der Waals surface area contributed by atoms with Crippen molar-refractivity contribution < 1.29 is 14.3 Å². The number of carbonyl (C=O) groups excluding carboxylic acids is 1. The third kappa shape index (κ3) is 1.79. The van der Waals surface area contributed by atoms with Crippen molar-refractivity contribution in [2.24, 2.45) is 0 Å². The van der Waals surface area contributed by atoms with Crippen LogP contribution in [-0.2, 0) is 4.74 Å². The number of H-pyrrole nitrogens is 1. The fourth-order valence-corrected chi connectivity index (χ4v) is 2.12. The highest BCUT2D eigenvalue weighted by Crippen LogP contribution is 2.28. The Morgan fingerprint density at radius 3 is 2.68 bits per heavy atom. The van der Waals surface area contributed by atoms with Gasteiger partial charge in [0.15, 0.2) is 0 Å². The zero-order valence-electron chi connectivity index (χ0n) is 10.6. The van der Waals surface area contributed by atoms with Crippen molar-refractivity contribution in [3.05, 3.63) is 36.2 Å². The van der Waals surface area contributed by atoms with Gasteiger partial charge in [-0.05, 0) is 24.3 Å². The van der Waals surface area contributed by atoms with Crippen LogP contribution in [0, 0.1) is 0 Å². The van der Waals surface area contributed by atoms with E-state index in [0.717, 1.165) is 27.6 Å². The molecule has 5 heteroatoms. The number of aromatic nitrogens is 2. The first-order valence-corrected chi connectivity index (χ1v) is 5.76. The summed E-state index contributed by atoms with van der Waals surface area (Å²) in [6.45, 7) is 0. The maximum Gasteiger partial charge on any atom is 0.356 e. The highest BCUT2D eigenvalue weighted by Gasteiger charge is 2.11. The van der Waals surface area contributed by atoms with Crippen molar-refractivity contribution in [2.45, 2.75) is 0 Å². The van der Waals surface area contributed by atoms with Crippen LogP contribution in [0.1, 0.15) is 10.5 Å². The summed E-state index contributed by atoms with van der Waals surface area (Å²) in [5.41, 5.74) is 2.13. The third-order valence-corrected chi connectivity index (χ3v) is 3.08. The van der Waals surface area contributed by atoms with E-state index in [1.807, 2.05) is 18.2 Å². The number of fused-ring (bicyclic) bond motifs is 3. The summed E-state index contributed by atoms with van der Waals surface area (Å²) in [6.07, 6.45) is 1.63. The number of rotatable bonds is 2. The fraction of sp³-hybridized carbons (Fsp3) is 0.143. The van der Waals surface area contributed by atoms with Gasteiger partial charge in [-0.2, -0.15) is 0 Å². The van der Waals surface area contributed by atoms with Gasteiger partial charge >= 0.3 is 5.97 Å². The normalized spacial score (nSPS) is 10.8. The first kappa shape index (κ1) is 11.5. The van der Waals surface area contributed by atoms with E-state index in [9.17, 15) is 4.79 Å². The number of aromatic amines is 1. The Hall–Kier alpha value is -2.56. The molecule has 2 aromatic heterocycles. The van der Waals surface area contributed by atoms with Crippen LogP contribution in [0.4, 0.5) is 0 Å². The van der Waals surface area contributed by atoms with Gasteiger partial charge in [-0.3, -0.25) is 0 Å². The summed E-state index contributed by atoms with van der Waals surface area (Å²) in [7, 11) is 2.96. The van der Waals surface area contributed by atoms with Crippen LogP contribution in [-0.4, -0.2) is 30.2 Å². The van der Waals surface area contributed by atoms with E-state index in [4.69, 9.17) is 4.74 Å². The molecule has 0 aliphatic rings. The molecule has 0 aliphatic carbocycles. The molecular weight excluding hydrogens is 244 g/mol. The lowest BCUT2D eigenvalue weighted by atomic mass is 10.1. The largest absolute Gasteiger partial charge is 0.497 e. The van der Waals surface area contributed by atoms with Gasteiger partial charge < -0.3 is 14.5 Å². The van der Waals surface area contributed by atoms with Crippen molar-refractivity contribution in [1.29, 1.82) is 0 Å². The van der Waals surface area contributed by atoms with Crippen LogP contribution in [0.5, 0.6) is 5.75 Å². The van der Waals surface area contributed by atoms with E-state index in [1.54, 1.807) is 19.4 Å². The second-order valence-electron chi connectivity index (χ2n) is 4.14. The van der Waals surface area contributed by atoms with Crippen LogP contribution in [0.3, 0.4) is 0 Å². The second kappa shape index (κ2) is 4.28. The Kier molecular flexibility index (Phi) is 2.59. The van der Waals surface area contributed by atoms with Gasteiger partial charge in [-0.1, -0.05) is 0 Å². The van der Waals surface area contributed by atoms with Gasteiger partial charge in [0.05, 0.1) is 25.9 Å². The predicted octanol–water partition coefficient (Wildman–Crippen LogP) is 2.51. The number of hydrogen-bond donors (Lipinski definition) is 1.